The molecule has 1 aromatic carbocycles. The van der Waals surface area contributed by atoms with Crippen LogP contribution in [-0.2, 0) is 11.2 Å². The summed E-state index contributed by atoms with van der Waals surface area (Å²) in [6.07, 6.45) is 1.77. The summed E-state index contributed by atoms with van der Waals surface area (Å²) in [5, 5.41) is 10.6. The summed E-state index contributed by atoms with van der Waals surface area (Å²) in [6, 6.07) is 5.73. The lowest BCUT2D eigenvalue weighted by molar-refractivity contribution is -0.115. The molecular formula is C13H10N6O. The number of rotatable bonds is 1. The topological polar surface area (TPSA) is 110 Å². The summed E-state index contributed by atoms with van der Waals surface area (Å²) in [6.45, 7) is 0. The molecule has 1 aliphatic heterocycles. The second-order valence-corrected chi connectivity index (χ2v) is 4.65. The van der Waals surface area contributed by atoms with E-state index >= 15 is 0 Å². The number of H-pyrrole nitrogens is 1. The Kier molecular flexibility index (Phi) is 2.06. The number of hydrogen-bond donors (Lipinski definition) is 3. The van der Waals surface area contributed by atoms with Crippen LogP contribution in [0.1, 0.15) is 5.56 Å². The van der Waals surface area contributed by atoms with E-state index in [1.54, 1.807) is 0 Å². The summed E-state index contributed by atoms with van der Waals surface area (Å²) in [7, 11) is 0. The molecule has 4 N–H and O–H groups in total. The van der Waals surface area contributed by atoms with Crippen molar-refractivity contribution in [2.45, 2.75) is 6.42 Å². The average molecular weight is 266 g/mol. The van der Waals surface area contributed by atoms with Gasteiger partial charge in [0, 0.05) is 11.3 Å². The quantitative estimate of drug-likeness (QED) is 0.611. The Labute approximate surface area is 113 Å². The van der Waals surface area contributed by atoms with Crippen molar-refractivity contribution in [1.29, 1.82) is 0 Å². The van der Waals surface area contributed by atoms with E-state index in [4.69, 9.17) is 5.73 Å². The molecule has 2 aromatic heterocycles. The lowest BCUT2D eigenvalue weighted by Gasteiger charge is -2.03. The van der Waals surface area contributed by atoms with Crippen molar-refractivity contribution in [3.63, 3.8) is 0 Å². The number of anilines is 2. The van der Waals surface area contributed by atoms with Crippen LogP contribution >= 0.6 is 0 Å². The Morgan fingerprint density at radius 2 is 2.15 bits per heavy atom. The van der Waals surface area contributed by atoms with Crippen LogP contribution < -0.4 is 11.1 Å². The zero-order chi connectivity index (χ0) is 13.7. The molecule has 1 aliphatic rings. The SMILES string of the molecule is Nc1ncnc2n[nH]c(-c3ccc4c(c3)CC(=O)N4)c12. The predicted molar refractivity (Wildman–Crippen MR) is 73.9 cm³/mol. The van der Waals surface area contributed by atoms with Crippen LogP contribution in [0.15, 0.2) is 24.5 Å². The molecule has 7 nitrogen and oxygen atoms in total. The summed E-state index contributed by atoms with van der Waals surface area (Å²) < 4.78 is 0. The van der Waals surface area contributed by atoms with Gasteiger partial charge in [-0.1, -0.05) is 6.07 Å². The molecule has 0 bridgehead atoms. The molecule has 98 valence electrons. The lowest BCUT2D eigenvalue weighted by atomic mass is 10.0. The Morgan fingerprint density at radius 3 is 3.05 bits per heavy atom. The normalized spacial score (nSPS) is 13.5. The molecule has 0 fully saturated rings. The zero-order valence-corrected chi connectivity index (χ0v) is 10.3. The maximum absolute atomic E-state index is 11.4. The zero-order valence-electron chi connectivity index (χ0n) is 10.3. The van der Waals surface area contributed by atoms with Gasteiger partial charge in [0.25, 0.3) is 0 Å². The Balaban J connectivity index is 1.92. The third-order valence-corrected chi connectivity index (χ3v) is 3.40. The van der Waals surface area contributed by atoms with Gasteiger partial charge in [0.1, 0.15) is 12.1 Å². The van der Waals surface area contributed by atoms with E-state index in [9.17, 15) is 4.79 Å². The molecule has 1 amide bonds. The number of carbonyl (C=O) groups is 1. The summed E-state index contributed by atoms with van der Waals surface area (Å²) in [5.74, 6) is 0.392. The van der Waals surface area contributed by atoms with E-state index < -0.39 is 0 Å². The monoisotopic (exact) mass is 266 g/mol. The summed E-state index contributed by atoms with van der Waals surface area (Å²) in [4.78, 5) is 19.5. The number of nitrogens with two attached hydrogens (primary N) is 1. The standard InChI is InChI=1S/C13H10N6O/c14-12-10-11(18-19-13(10)16-5-15-12)6-1-2-8-7(3-6)4-9(20)17-8/h1-3,5H,4H2,(H,17,20)(H3,14,15,16,18,19). The number of hydrogen-bond acceptors (Lipinski definition) is 5. The second-order valence-electron chi connectivity index (χ2n) is 4.65. The third kappa shape index (κ3) is 1.46. The molecule has 0 unspecified atom stereocenters. The van der Waals surface area contributed by atoms with Gasteiger partial charge in [0.05, 0.1) is 17.5 Å². The lowest BCUT2D eigenvalue weighted by Crippen LogP contribution is -2.03. The minimum Gasteiger partial charge on any atom is -0.383 e. The van der Waals surface area contributed by atoms with Crippen molar-refractivity contribution in [3.05, 3.63) is 30.1 Å². The fourth-order valence-corrected chi connectivity index (χ4v) is 2.47. The van der Waals surface area contributed by atoms with Crippen molar-refractivity contribution in [2.75, 3.05) is 11.1 Å². The van der Waals surface area contributed by atoms with Crippen LogP contribution in [0, 0.1) is 0 Å². The Hall–Kier alpha value is -2.96. The minimum absolute atomic E-state index is 0.00876. The van der Waals surface area contributed by atoms with Crippen LogP contribution in [-0.4, -0.2) is 26.1 Å². The van der Waals surface area contributed by atoms with E-state index in [1.165, 1.54) is 6.33 Å². The third-order valence-electron chi connectivity index (χ3n) is 3.40. The summed E-state index contributed by atoms with van der Waals surface area (Å²) in [5.41, 5.74) is 9.91. The first-order chi connectivity index (χ1) is 9.72. The van der Waals surface area contributed by atoms with Gasteiger partial charge in [-0.25, -0.2) is 9.97 Å². The number of aromatic nitrogens is 4. The van der Waals surface area contributed by atoms with Crippen LogP contribution in [0.2, 0.25) is 0 Å². The number of nitrogen functional groups attached to an aromatic ring is 1. The predicted octanol–water partition coefficient (Wildman–Crippen LogP) is 1.10. The van der Waals surface area contributed by atoms with Crippen molar-refractivity contribution in [3.8, 4) is 11.3 Å². The molecule has 7 heteroatoms. The number of fused-ring (bicyclic) bond motifs is 2. The average Bonchev–Trinajstić information content (AvgIpc) is 3.00. The highest BCUT2D eigenvalue weighted by Crippen LogP contribution is 2.32. The van der Waals surface area contributed by atoms with Gasteiger partial charge < -0.3 is 11.1 Å². The van der Waals surface area contributed by atoms with E-state index in [2.05, 4.69) is 25.5 Å². The van der Waals surface area contributed by atoms with Crippen LogP contribution in [0.4, 0.5) is 11.5 Å². The molecule has 0 aliphatic carbocycles. The number of benzene rings is 1. The first-order valence-electron chi connectivity index (χ1n) is 6.10. The molecule has 0 saturated heterocycles. The highest BCUT2D eigenvalue weighted by atomic mass is 16.1. The fraction of sp³-hybridized carbons (Fsp3) is 0.0769. The summed E-state index contributed by atoms with van der Waals surface area (Å²) >= 11 is 0. The molecular weight excluding hydrogens is 256 g/mol. The van der Waals surface area contributed by atoms with Crippen LogP contribution in [0.3, 0.4) is 0 Å². The number of carbonyl (C=O) groups excluding carboxylic acids is 1. The molecule has 3 heterocycles. The van der Waals surface area contributed by atoms with E-state index in [-0.39, 0.29) is 5.91 Å². The van der Waals surface area contributed by atoms with E-state index in [0.29, 0.717) is 23.3 Å². The Morgan fingerprint density at radius 1 is 1.25 bits per heavy atom. The first kappa shape index (κ1) is 10.9. The molecule has 0 radical (unpaired) electrons. The maximum Gasteiger partial charge on any atom is 0.228 e. The number of nitrogens with one attached hydrogen (secondary N) is 2. The van der Waals surface area contributed by atoms with E-state index in [1.807, 2.05) is 18.2 Å². The van der Waals surface area contributed by atoms with Crippen molar-refractivity contribution in [1.82, 2.24) is 20.2 Å². The van der Waals surface area contributed by atoms with E-state index in [0.717, 1.165) is 22.5 Å². The van der Waals surface area contributed by atoms with Gasteiger partial charge >= 0.3 is 0 Å². The van der Waals surface area contributed by atoms with Gasteiger partial charge in [-0.3, -0.25) is 9.89 Å². The first-order valence-corrected chi connectivity index (χ1v) is 6.10. The number of amides is 1. The Bertz CT molecular complexity index is 853. The van der Waals surface area contributed by atoms with Crippen molar-refractivity contribution >= 4 is 28.4 Å². The van der Waals surface area contributed by atoms with Gasteiger partial charge in [0.15, 0.2) is 5.65 Å². The fourth-order valence-electron chi connectivity index (χ4n) is 2.47. The van der Waals surface area contributed by atoms with Crippen LogP contribution in [0.25, 0.3) is 22.3 Å². The molecule has 4 rings (SSSR count). The van der Waals surface area contributed by atoms with Gasteiger partial charge in [-0.05, 0) is 17.7 Å². The highest BCUT2D eigenvalue weighted by molar-refractivity contribution is 6.01. The number of nitrogens with zero attached hydrogens (tertiary/aromatic N) is 3. The molecule has 0 saturated carbocycles. The smallest absolute Gasteiger partial charge is 0.228 e. The van der Waals surface area contributed by atoms with Crippen LogP contribution in [0.5, 0.6) is 0 Å². The van der Waals surface area contributed by atoms with Crippen molar-refractivity contribution in [2.24, 2.45) is 0 Å². The molecule has 3 aromatic rings. The number of aromatic amines is 1. The van der Waals surface area contributed by atoms with Crippen molar-refractivity contribution < 1.29 is 4.79 Å². The molecule has 0 spiro atoms. The largest absolute Gasteiger partial charge is 0.383 e. The minimum atomic E-state index is 0.00876. The molecule has 0 atom stereocenters. The highest BCUT2D eigenvalue weighted by Gasteiger charge is 2.19. The second kappa shape index (κ2) is 3.77. The maximum atomic E-state index is 11.4. The molecule has 20 heavy (non-hydrogen) atoms. The van der Waals surface area contributed by atoms with Gasteiger partial charge in [-0.15, -0.1) is 0 Å². The van der Waals surface area contributed by atoms with Gasteiger partial charge in [0.2, 0.25) is 5.91 Å². The van der Waals surface area contributed by atoms with Gasteiger partial charge in [-0.2, -0.15) is 5.10 Å².